The van der Waals surface area contributed by atoms with Crippen LogP contribution in [0.4, 0.5) is 0 Å². The molecule has 2 nitrogen and oxygen atoms in total. The van der Waals surface area contributed by atoms with E-state index < -0.39 is 0 Å². The molecule has 5 heteroatoms. The van der Waals surface area contributed by atoms with Crippen molar-refractivity contribution in [2.24, 2.45) is 5.73 Å². The number of nitrogens with two attached hydrogens (primary N) is 1. The summed E-state index contributed by atoms with van der Waals surface area (Å²) in [4.78, 5) is 4.38. The van der Waals surface area contributed by atoms with E-state index in [2.05, 4.69) is 4.98 Å². The molecule has 0 aliphatic carbocycles. The summed E-state index contributed by atoms with van der Waals surface area (Å²) in [6, 6.07) is 5.44. The lowest BCUT2D eigenvalue weighted by molar-refractivity contribution is 0.700. The van der Waals surface area contributed by atoms with Gasteiger partial charge in [-0.1, -0.05) is 35.3 Å². The minimum atomic E-state index is -0.143. The van der Waals surface area contributed by atoms with Crippen LogP contribution in [0, 0.1) is 6.92 Å². The van der Waals surface area contributed by atoms with Crippen LogP contribution < -0.4 is 5.73 Å². The first-order valence-electron chi connectivity index (χ1n) is 5.18. The highest BCUT2D eigenvalue weighted by Crippen LogP contribution is 2.28. The Morgan fingerprint density at radius 1 is 1.41 bits per heavy atom. The van der Waals surface area contributed by atoms with Crippen molar-refractivity contribution in [3.8, 4) is 0 Å². The summed E-state index contributed by atoms with van der Waals surface area (Å²) in [6.07, 6.45) is 0.641. The Morgan fingerprint density at radius 3 is 2.82 bits per heavy atom. The smallest absolute Gasteiger partial charge is 0.0898 e. The van der Waals surface area contributed by atoms with E-state index in [1.165, 1.54) is 0 Å². The van der Waals surface area contributed by atoms with E-state index in [1.807, 2.05) is 24.4 Å². The van der Waals surface area contributed by atoms with Crippen molar-refractivity contribution in [1.82, 2.24) is 4.98 Å². The van der Waals surface area contributed by atoms with Gasteiger partial charge in [0.05, 0.1) is 26.8 Å². The van der Waals surface area contributed by atoms with Crippen LogP contribution >= 0.6 is 34.5 Å². The van der Waals surface area contributed by atoms with E-state index in [1.54, 1.807) is 17.4 Å². The second-order valence-corrected chi connectivity index (χ2v) is 5.66. The number of rotatable bonds is 3. The van der Waals surface area contributed by atoms with E-state index in [0.29, 0.717) is 16.5 Å². The number of aryl methyl sites for hydroxylation is 1. The van der Waals surface area contributed by atoms with Crippen LogP contribution in [-0.2, 0) is 6.42 Å². The van der Waals surface area contributed by atoms with Gasteiger partial charge in [0.2, 0.25) is 0 Å². The first kappa shape index (κ1) is 12.8. The summed E-state index contributed by atoms with van der Waals surface area (Å²) in [5.41, 5.74) is 7.96. The molecule has 0 saturated carbocycles. The molecule has 1 aromatic heterocycles. The summed E-state index contributed by atoms with van der Waals surface area (Å²) in [7, 11) is 0. The zero-order valence-electron chi connectivity index (χ0n) is 9.28. The maximum Gasteiger partial charge on any atom is 0.0898 e. The molecule has 1 heterocycles. The van der Waals surface area contributed by atoms with Crippen molar-refractivity contribution in [3.05, 3.63) is 49.9 Å². The van der Waals surface area contributed by atoms with E-state index >= 15 is 0 Å². The fourth-order valence-electron chi connectivity index (χ4n) is 1.60. The van der Waals surface area contributed by atoms with Crippen molar-refractivity contribution in [3.63, 3.8) is 0 Å². The van der Waals surface area contributed by atoms with Crippen molar-refractivity contribution >= 4 is 34.5 Å². The molecule has 0 radical (unpaired) electrons. The minimum Gasteiger partial charge on any atom is -0.322 e. The van der Waals surface area contributed by atoms with Gasteiger partial charge >= 0.3 is 0 Å². The molecular formula is C12H12Cl2N2S. The third kappa shape index (κ3) is 2.99. The normalized spacial score (nSPS) is 12.7. The Labute approximate surface area is 114 Å². The Morgan fingerprint density at radius 2 is 2.18 bits per heavy atom. The molecule has 0 aliphatic rings. The van der Waals surface area contributed by atoms with Gasteiger partial charge in [0.1, 0.15) is 0 Å². The van der Waals surface area contributed by atoms with Gasteiger partial charge in [-0.25, -0.2) is 4.98 Å². The maximum absolute atomic E-state index is 6.12. The van der Waals surface area contributed by atoms with E-state index in [-0.39, 0.29) is 6.04 Å². The van der Waals surface area contributed by atoms with Gasteiger partial charge in [-0.15, -0.1) is 11.3 Å². The summed E-state index contributed by atoms with van der Waals surface area (Å²) in [6.45, 7) is 1.97. The lowest BCUT2D eigenvalue weighted by atomic mass is 10.0. The summed E-state index contributed by atoms with van der Waals surface area (Å²) >= 11 is 13.7. The van der Waals surface area contributed by atoms with E-state index in [4.69, 9.17) is 28.9 Å². The molecule has 2 rings (SSSR count). The topological polar surface area (TPSA) is 38.9 Å². The zero-order valence-corrected chi connectivity index (χ0v) is 11.6. The SMILES string of the molecule is Cc1nc(C(N)Cc2cccc(Cl)c2Cl)cs1. The Kier molecular flexibility index (Phi) is 4.05. The average molecular weight is 287 g/mol. The number of benzene rings is 1. The number of thiazole rings is 1. The predicted molar refractivity (Wildman–Crippen MR) is 73.9 cm³/mol. The second-order valence-electron chi connectivity index (χ2n) is 3.81. The second kappa shape index (κ2) is 5.36. The lowest BCUT2D eigenvalue weighted by Crippen LogP contribution is -2.14. The zero-order chi connectivity index (χ0) is 12.4. The van der Waals surface area contributed by atoms with Crippen LogP contribution in [-0.4, -0.2) is 4.98 Å². The highest BCUT2D eigenvalue weighted by molar-refractivity contribution is 7.09. The molecule has 0 spiro atoms. The molecule has 90 valence electrons. The molecule has 2 aromatic rings. The first-order chi connectivity index (χ1) is 8.08. The molecule has 0 aliphatic heterocycles. The first-order valence-corrected chi connectivity index (χ1v) is 6.82. The van der Waals surface area contributed by atoms with E-state index in [9.17, 15) is 0 Å². The molecule has 0 fully saturated rings. The third-order valence-electron chi connectivity index (χ3n) is 2.49. The molecular weight excluding hydrogens is 275 g/mol. The predicted octanol–water partition coefficient (Wildman–Crippen LogP) is 4.00. The van der Waals surface area contributed by atoms with Crippen LogP contribution in [0.3, 0.4) is 0 Å². The molecule has 0 bridgehead atoms. The summed E-state index contributed by atoms with van der Waals surface area (Å²) in [5, 5.41) is 4.15. The van der Waals surface area contributed by atoms with Crippen molar-refractivity contribution < 1.29 is 0 Å². The molecule has 2 N–H and O–H groups in total. The van der Waals surface area contributed by atoms with Crippen molar-refractivity contribution in [2.45, 2.75) is 19.4 Å². The quantitative estimate of drug-likeness (QED) is 0.926. The lowest BCUT2D eigenvalue weighted by Gasteiger charge is -2.11. The molecule has 1 unspecified atom stereocenters. The van der Waals surface area contributed by atoms with Crippen LogP contribution in [0.15, 0.2) is 23.6 Å². The highest BCUT2D eigenvalue weighted by atomic mass is 35.5. The summed E-state index contributed by atoms with van der Waals surface area (Å²) < 4.78 is 0. The van der Waals surface area contributed by atoms with Crippen LogP contribution in [0.1, 0.15) is 22.3 Å². The van der Waals surface area contributed by atoms with E-state index in [0.717, 1.165) is 16.3 Å². The van der Waals surface area contributed by atoms with Gasteiger partial charge in [-0.05, 0) is 25.0 Å². The van der Waals surface area contributed by atoms with Crippen LogP contribution in [0.25, 0.3) is 0 Å². The Hall–Kier alpha value is -0.610. The third-order valence-corrected chi connectivity index (χ3v) is 4.14. The molecule has 17 heavy (non-hydrogen) atoms. The number of aromatic nitrogens is 1. The minimum absolute atomic E-state index is 0.143. The van der Waals surface area contributed by atoms with Gasteiger partial charge in [0.15, 0.2) is 0 Å². The standard InChI is InChI=1S/C12H12Cl2N2S/c1-7-16-11(6-17-7)10(15)5-8-3-2-4-9(13)12(8)14/h2-4,6,10H,5,15H2,1H3. The summed E-state index contributed by atoms with van der Waals surface area (Å²) in [5.74, 6) is 0. The van der Waals surface area contributed by atoms with Gasteiger partial charge in [0.25, 0.3) is 0 Å². The van der Waals surface area contributed by atoms with Crippen LogP contribution in [0.5, 0.6) is 0 Å². The Balaban J connectivity index is 2.18. The molecule has 1 aromatic carbocycles. The number of nitrogens with zero attached hydrogens (tertiary/aromatic N) is 1. The largest absolute Gasteiger partial charge is 0.322 e. The van der Waals surface area contributed by atoms with Gasteiger partial charge in [-0.2, -0.15) is 0 Å². The fourth-order valence-corrected chi connectivity index (χ4v) is 2.67. The van der Waals surface area contributed by atoms with Crippen LogP contribution in [0.2, 0.25) is 10.0 Å². The molecule has 1 atom stereocenters. The maximum atomic E-state index is 6.12. The monoisotopic (exact) mass is 286 g/mol. The Bertz CT molecular complexity index is 525. The number of halogens is 2. The number of hydrogen-bond donors (Lipinski definition) is 1. The van der Waals surface area contributed by atoms with Gasteiger partial charge in [0, 0.05) is 5.38 Å². The highest BCUT2D eigenvalue weighted by Gasteiger charge is 2.13. The van der Waals surface area contributed by atoms with Gasteiger partial charge < -0.3 is 5.73 Å². The average Bonchev–Trinajstić information content (AvgIpc) is 2.72. The van der Waals surface area contributed by atoms with Crippen molar-refractivity contribution in [1.29, 1.82) is 0 Å². The molecule has 0 saturated heterocycles. The fraction of sp³-hybridized carbons (Fsp3) is 0.250. The van der Waals surface area contributed by atoms with Crippen molar-refractivity contribution in [2.75, 3.05) is 0 Å². The number of hydrogen-bond acceptors (Lipinski definition) is 3. The molecule has 0 amide bonds. The van der Waals surface area contributed by atoms with Gasteiger partial charge in [-0.3, -0.25) is 0 Å².